The van der Waals surface area contributed by atoms with Gasteiger partial charge in [-0.1, -0.05) is 0 Å². The molecule has 1 fully saturated rings. The van der Waals surface area contributed by atoms with Crippen molar-refractivity contribution in [1.29, 1.82) is 0 Å². The van der Waals surface area contributed by atoms with Crippen molar-refractivity contribution >= 4 is 5.97 Å². The second-order valence-corrected chi connectivity index (χ2v) is 6.73. The predicted molar refractivity (Wildman–Crippen MR) is 84.7 cm³/mol. The Balaban J connectivity index is 2.42. The Hall–Kier alpha value is -1.75. The molecule has 2 rings (SSSR count). The maximum Gasteiger partial charge on any atom is 0.308 e. The van der Waals surface area contributed by atoms with Gasteiger partial charge in [0.15, 0.2) is 0 Å². The first-order chi connectivity index (χ1) is 10.3. The molecule has 1 heterocycles. The third kappa shape index (κ3) is 3.19. The van der Waals surface area contributed by atoms with E-state index in [1.165, 1.54) is 0 Å². The molecule has 0 amide bonds. The summed E-state index contributed by atoms with van der Waals surface area (Å²) < 4.78 is 10.7. The van der Waals surface area contributed by atoms with Gasteiger partial charge in [-0.25, -0.2) is 0 Å². The van der Waals surface area contributed by atoms with Crippen LogP contribution >= 0.6 is 0 Å². The van der Waals surface area contributed by atoms with E-state index in [-0.39, 0.29) is 11.5 Å². The first-order valence-electron chi connectivity index (χ1n) is 7.47. The number of rotatable bonds is 4. The molecule has 5 nitrogen and oxygen atoms in total. The minimum atomic E-state index is -0.762. The van der Waals surface area contributed by atoms with Crippen molar-refractivity contribution < 1.29 is 19.4 Å². The number of likely N-dealkylation sites (tertiary alicyclic amines) is 1. The molecule has 1 aromatic carbocycles. The lowest BCUT2D eigenvalue weighted by Crippen LogP contribution is -2.40. The first kappa shape index (κ1) is 16.6. The van der Waals surface area contributed by atoms with Gasteiger partial charge in [-0.3, -0.25) is 9.69 Å². The summed E-state index contributed by atoms with van der Waals surface area (Å²) in [5.74, 6) is 0.116. The highest BCUT2D eigenvalue weighted by molar-refractivity contribution is 5.73. The van der Waals surface area contributed by atoms with Crippen LogP contribution in [0.25, 0.3) is 0 Å². The zero-order valence-corrected chi connectivity index (χ0v) is 13.9. The highest BCUT2D eigenvalue weighted by atomic mass is 16.5. The average molecular weight is 307 g/mol. The highest BCUT2D eigenvalue weighted by Gasteiger charge is 2.43. The number of carbonyl (C=O) groups is 1. The minimum Gasteiger partial charge on any atom is -0.497 e. The minimum absolute atomic E-state index is 0.0610. The molecule has 0 spiro atoms. The van der Waals surface area contributed by atoms with Crippen LogP contribution in [-0.4, -0.2) is 48.8 Å². The Kier molecular flexibility index (Phi) is 4.66. The fourth-order valence-corrected chi connectivity index (χ4v) is 3.05. The third-order valence-electron chi connectivity index (χ3n) is 4.42. The Bertz CT molecular complexity index is 550. The lowest BCUT2D eigenvalue weighted by molar-refractivity contribution is -0.141. The number of aliphatic carboxylic acids is 1. The van der Waals surface area contributed by atoms with Crippen molar-refractivity contribution in [2.24, 2.45) is 5.92 Å². The van der Waals surface area contributed by atoms with E-state index in [9.17, 15) is 9.90 Å². The molecular weight excluding hydrogens is 282 g/mol. The van der Waals surface area contributed by atoms with Gasteiger partial charge in [-0.05, 0) is 39.0 Å². The summed E-state index contributed by atoms with van der Waals surface area (Å²) in [7, 11) is 3.22. The summed E-state index contributed by atoms with van der Waals surface area (Å²) >= 11 is 0. The van der Waals surface area contributed by atoms with Crippen molar-refractivity contribution in [3.63, 3.8) is 0 Å². The molecule has 22 heavy (non-hydrogen) atoms. The van der Waals surface area contributed by atoms with E-state index in [0.29, 0.717) is 24.6 Å². The van der Waals surface area contributed by atoms with E-state index in [1.54, 1.807) is 14.2 Å². The summed E-state index contributed by atoms with van der Waals surface area (Å²) in [5.41, 5.74) is 0.843. The van der Waals surface area contributed by atoms with Crippen molar-refractivity contribution in [2.75, 3.05) is 27.3 Å². The summed E-state index contributed by atoms with van der Waals surface area (Å²) in [6, 6.07) is 5.56. The molecule has 0 bridgehead atoms. The van der Waals surface area contributed by atoms with Gasteiger partial charge >= 0.3 is 5.97 Å². The Morgan fingerprint density at radius 2 is 1.91 bits per heavy atom. The third-order valence-corrected chi connectivity index (χ3v) is 4.42. The normalized spacial score (nSPS) is 22.6. The topological polar surface area (TPSA) is 59.0 Å². The zero-order chi connectivity index (χ0) is 16.5. The smallest absolute Gasteiger partial charge is 0.308 e. The number of hydrogen-bond donors (Lipinski definition) is 1. The number of methoxy groups -OCH3 is 2. The molecule has 5 heteroatoms. The molecule has 0 aromatic heterocycles. The van der Waals surface area contributed by atoms with Crippen LogP contribution in [0.3, 0.4) is 0 Å². The fourth-order valence-electron chi connectivity index (χ4n) is 3.05. The largest absolute Gasteiger partial charge is 0.497 e. The summed E-state index contributed by atoms with van der Waals surface area (Å²) in [4.78, 5) is 13.9. The molecule has 0 radical (unpaired) electrons. The van der Waals surface area contributed by atoms with Gasteiger partial charge in [0, 0.05) is 30.1 Å². The molecule has 0 unspecified atom stereocenters. The number of carboxylic acid groups (broad SMARTS) is 1. The second-order valence-electron chi connectivity index (χ2n) is 6.73. The zero-order valence-electron chi connectivity index (χ0n) is 13.9. The van der Waals surface area contributed by atoms with Crippen LogP contribution in [0.4, 0.5) is 0 Å². The molecular formula is C17H25NO4. The Morgan fingerprint density at radius 1 is 1.23 bits per heavy atom. The summed E-state index contributed by atoms with van der Waals surface area (Å²) in [5, 5.41) is 9.62. The van der Waals surface area contributed by atoms with E-state index in [1.807, 2.05) is 18.2 Å². The van der Waals surface area contributed by atoms with Crippen LogP contribution in [0, 0.1) is 5.92 Å². The van der Waals surface area contributed by atoms with Crippen molar-refractivity contribution in [3.05, 3.63) is 23.8 Å². The Labute approximate surface area is 131 Å². The highest BCUT2D eigenvalue weighted by Crippen LogP contribution is 2.41. The van der Waals surface area contributed by atoms with Crippen LogP contribution in [-0.2, 0) is 4.79 Å². The fraction of sp³-hybridized carbons (Fsp3) is 0.588. The van der Waals surface area contributed by atoms with E-state index in [4.69, 9.17) is 9.47 Å². The molecule has 1 N–H and O–H groups in total. The van der Waals surface area contributed by atoms with Gasteiger partial charge in [0.1, 0.15) is 11.5 Å². The lowest BCUT2D eigenvalue weighted by atomic mass is 9.88. The monoisotopic (exact) mass is 307 g/mol. The quantitative estimate of drug-likeness (QED) is 0.926. The maximum absolute atomic E-state index is 11.7. The molecule has 0 aliphatic carbocycles. The van der Waals surface area contributed by atoms with Crippen molar-refractivity contribution in [2.45, 2.75) is 32.2 Å². The molecule has 122 valence electrons. The van der Waals surface area contributed by atoms with Gasteiger partial charge in [-0.2, -0.15) is 0 Å². The predicted octanol–water partition coefficient (Wildman–Crippen LogP) is 2.60. The number of nitrogens with zero attached hydrogens (tertiary/aromatic N) is 1. The van der Waals surface area contributed by atoms with Gasteiger partial charge in [-0.15, -0.1) is 0 Å². The van der Waals surface area contributed by atoms with E-state index < -0.39 is 11.9 Å². The number of ether oxygens (including phenoxy) is 2. The molecule has 1 aliphatic rings. The van der Waals surface area contributed by atoms with Gasteiger partial charge in [0.2, 0.25) is 0 Å². The SMILES string of the molecule is COc1ccc(OC)c([C@H]2CN(C(C)(C)C)C[C@@H]2C(=O)O)c1. The van der Waals surface area contributed by atoms with E-state index >= 15 is 0 Å². The second kappa shape index (κ2) is 6.16. The summed E-state index contributed by atoms with van der Waals surface area (Å²) in [6.45, 7) is 7.57. The van der Waals surface area contributed by atoms with E-state index in [0.717, 1.165) is 5.56 Å². The standard InChI is InChI=1S/C17H25NO4/c1-17(2,3)18-9-13(14(10-18)16(19)20)12-8-11(21-4)6-7-15(12)22-5/h6-8,13-14H,9-10H2,1-5H3,(H,19,20)/t13-,14+/m1/s1. The van der Waals surface area contributed by atoms with Crippen LogP contribution in [0.1, 0.15) is 32.3 Å². The molecule has 0 saturated carbocycles. The van der Waals surface area contributed by atoms with E-state index in [2.05, 4.69) is 25.7 Å². The molecule has 1 aliphatic heterocycles. The molecule has 2 atom stereocenters. The molecule has 1 aromatic rings. The van der Waals surface area contributed by atoms with Crippen molar-refractivity contribution in [3.8, 4) is 11.5 Å². The first-order valence-corrected chi connectivity index (χ1v) is 7.47. The van der Waals surface area contributed by atoms with Crippen LogP contribution in [0.15, 0.2) is 18.2 Å². The summed E-state index contributed by atoms with van der Waals surface area (Å²) in [6.07, 6.45) is 0. The van der Waals surface area contributed by atoms with Crippen LogP contribution in [0.2, 0.25) is 0 Å². The van der Waals surface area contributed by atoms with Crippen molar-refractivity contribution in [1.82, 2.24) is 4.90 Å². The van der Waals surface area contributed by atoms with Gasteiger partial charge < -0.3 is 14.6 Å². The molecule has 1 saturated heterocycles. The van der Waals surface area contributed by atoms with Crippen LogP contribution in [0.5, 0.6) is 11.5 Å². The maximum atomic E-state index is 11.7. The van der Waals surface area contributed by atoms with Crippen LogP contribution < -0.4 is 9.47 Å². The number of carboxylic acids is 1. The van der Waals surface area contributed by atoms with Gasteiger partial charge in [0.25, 0.3) is 0 Å². The number of benzene rings is 1. The van der Waals surface area contributed by atoms with Gasteiger partial charge in [0.05, 0.1) is 20.1 Å². The average Bonchev–Trinajstić information content (AvgIpc) is 2.91. The lowest BCUT2D eigenvalue weighted by Gasteiger charge is -2.31. The number of hydrogen-bond acceptors (Lipinski definition) is 4. The Morgan fingerprint density at radius 3 is 2.41 bits per heavy atom.